The Kier molecular flexibility index (Phi) is 9.03. The second kappa shape index (κ2) is 12.4. The van der Waals surface area contributed by atoms with Crippen LogP contribution in [-0.2, 0) is 19.3 Å². The van der Waals surface area contributed by atoms with E-state index in [-0.39, 0.29) is 0 Å². The average Bonchev–Trinajstić information content (AvgIpc) is 2.87. The van der Waals surface area contributed by atoms with Gasteiger partial charge in [-0.2, -0.15) is 4.98 Å². The van der Waals surface area contributed by atoms with Gasteiger partial charge in [-0.1, -0.05) is 12.1 Å². The van der Waals surface area contributed by atoms with Gasteiger partial charge >= 0.3 is 0 Å². The zero-order chi connectivity index (χ0) is 23.8. The highest BCUT2D eigenvalue weighted by atomic mass is 16.5. The maximum atomic E-state index is 5.23. The van der Waals surface area contributed by atoms with E-state index >= 15 is 0 Å². The molecule has 34 heavy (non-hydrogen) atoms. The van der Waals surface area contributed by atoms with Crippen LogP contribution in [0.25, 0.3) is 0 Å². The number of benzene rings is 1. The quantitative estimate of drug-likeness (QED) is 0.455. The number of aromatic nitrogens is 2. The minimum Gasteiger partial charge on any atom is -0.497 e. The number of methoxy groups -OCH3 is 1. The summed E-state index contributed by atoms with van der Waals surface area (Å²) < 4.78 is 5.23. The number of nitrogens with one attached hydrogen (secondary N) is 2. The standard InChI is InChI=1S/C28H43N5O/c1-33(2)27-25-9-4-5-10-26(25)31-28(32-27)30-23-15-11-22(12-16-23)20-29-19-7-6-8-21-13-17-24(34-3)18-14-21/h13-14,17-18,22-23,29H,4-12,15-16,19-20H2,1-3H3,(H,30,31,32). The van der Waals surface area contributed by atoms with E-state index in [1.165, 1.54) is 68.2 Å². The second-order valence-corrected chi connectivity index (χ2v) is 10.3. The van der Waals surface area contributed by atoms with E-state index in [1.54, 1.807) is 7.11 Å². The van der Waals surface area contributed by atoms with Crippen molar-refractivity contribution in [2.24, 2.45) is 5.92 Å². The lowest BCUT2D eigenvalue weighted by molar-refractivity contribution is 0.323. The van der Waals surface area contributed by atoms with Crippen molar-refractivity contribution in [3.05, 3.63) is 41.1 Å². The van der Waals surface area contributed by atoms with Crippen molar-refractivity contribution in [3.8, 4) is 5.75 Å². The molecule has 2 N–H and O–H groups in total. The number of hydrogen-bond acceptors (Lipinski definition) is 6. The maximum Gasteiger partial charge on any atom is 0.225 e. The number of aryl methyl sites for hydroxylation is 2. The van der Waals surface area contributed by atoms with E-state index in [0.29, 0.717) is 6.04 Å². The molecule has 1 fully saturated rings. The van der Waals surface area contributed by atoms with Gasteiger partial charge in [0.2, 0.25) is 5.95 Å². The number of fused-ring (bicyclic) bond motifs is 1. The first-order chi connectivity index (χ1) is 16.6. The molecule has 1 saturated carbocycles. The molecule has 0 aliphatic heterocycles. The van der Waals surface area contributed by atoms with E-state index in [2.05, 4.69) is 53.9 Å². The molecular weight excluding hydrogens is 422 g/mol. The maximum absolute atomic E-state index is 5.23. The fourth-order valence-corrected chi connectivity index (χ4v) is 5.38. The minimum absolute atomic E-state index is 0.498. The van der Waals surface area contributed by atoms with Gasteiger partial charge in [0.15, 0.2) is 0 Å². The molecule has 0 bridgehead atoms. The van der Waals surface area contributed by atoms with Crippen LogP contribution in [0.5, 0.6) is 5.75 Å². The second-order valence-electron chi connectivity index (χ2n) is 10.3. The molecule has 4 rings (SSSR count). The summed E-state index contributed by atoms with van der Waals surface area (Å²) in [5.74, 6) is 3.67. The van der Waals surface area contributed by atoms with E-state index in [9.17, 15) is 0 Å². The lowest BCUT2D eigenvalue weighted by Gasteiger charge is -2.30. The number of nitrogens with zero attached hydrogens (tertiary/aromatic N) is 3. The lowest BCUT2D eigenvalue weighted by atomic mass is 9.86. The van der Waals surface area contributed by atoms with Crippen LogP contribution in [-0.4, -0.2) is 50.3 Å². The molecule has 0 saturated heterocycles. The van der Waals surface area contributed by atoms with Gasteiger partial charge in [-0.3, -0.25) is 0 Å². The number of unbranched alkanes of at least 4 members (excludes halogenated alkanes) is 1. The highest BCUT2D eigenvalue weighted by Gasteiger charge is 2.23. The monoisotopic (exact) mass is 465 g/mol. The van der Waals surface area contributed by atoms with Crippen LogP contribution in [0.15, 0.2) is 24.3 Å². The predicted octanol–water partition coefficient (Wildman–Crippen LogP) is 5.01. The molecule has 6 nitrogen and oxygen atoms in total. The van der Waals surface area contributed by atoms with Crippen LogP contribution in [0.3, 0.4) is 0 Å². The number of hydrogen-bond donors (Lipinski definition) is 2. The van der Waals surface area contributed by atoms with Gasteiger partial charge < -0.3 is 20.3 Å². The zero-order valence-corrected chi connectivity index (χ0v) is 21.4. The molecule has 1 aromatic heterocycles. The Balaban J connectivity index is 1.13. The summed E-state index contributed by atoms with van der Waals surface area (Å²) in [6, 6.07) is 8.96. The Morgan fingerprint density at radius 2 is 1.74 bits per heavy atom. The number of ether oxygens (including phenoxy) is 1. The van der Waals surface area contributed by atoms with Crippen LogP contribution in [0.4, 0.5) is 11.8 Å². The first kappa shape index (κ1) is 24.8. The van der Waals surface area contributed by atoms with Crippen LogP contribution >= 0.6 is 0 Å². The molecule has 186 valence electrons. The molecule has 2 aromatic rings. The molecule has 0 spiro atoms. The van der Waals surface area contributed by atoms with Crippen molar-refractivity contribution < 1.29 is 4.74 Å². The largest absolute Gasteiger partial charge is 0.497 e. The fourth-order valence-electron chi connectivity index (χ4n) is 5.38. The highest BCUT2D eigenvalue weighted by Crippen LogP contribution is 2.30. The Morgan fingerprint density at radius 1 is 0.971 bits per heavy atom. The highest BCUT2D eigenvalue weighted by molar-refractivity contribution is 5.52. The third-order valence-electron chi connectivity index (χ3n) is 7.43. The summed E-state index contributed by atoms with van der Waals surface area (Å²) >= 11 is 0. The third-order valence-corrected chi connectivity index (χ3v) is 7.43. The molecule has 2 aliphatic carbocycles. The van der Waals surface area contributed by atoms with E-state index in [4.69, 9.17) is 14.7 Å². The molecule has 1 aromatic carbocycles. The van der Waals surface area contributed by atoms with Crippen molar-refractivity contribution in [1.82, 2.24) is 15.3 Å². The van der Waals surface area contributed by atoms with Crippen LogP contribution in [0.1, 0.15) is 68.2 Å². The molecule has 0 unspecified atom stereocenters. The SMILES string of the molecule is COc1ccc(CCCCNCC2CCC(Nc3nc4c(c(N(C)C)n3)CCCC4)CC2)cc1. The lowest BCUT2D eigenvalue weighted by Crippen LogP contribution is -2.32. The van der Waals surface area contributed by atoms with Gasteiger partial charge in [0, 0.05) is 25.7 Å². The predicted molar refractivity (Wildman–Crippen MR) is 141 cm³/mol. The molecule has 2 aliphatic rings. The van der Waals surface area contributed by atoms with Gasteiger partial charge in [0.05, 0.1) is 12.8 Å². The Morgan fingerprint density at radius 3 is 2.47 bits per heavy atom. The Hall–Kier alpha value is -2.34. The summed E-state index contributed by atoms with van der Waals surface area (Å²) in [4.78, 5) is 12.0. The van der Waals surface area contributed by atoms with Crippen LogP contribution in [0.2, 0.25) is 0 Å². The fraction of sp³-hybridized carbons (Fsp3) is 0.643. The summed E-state index contributed by atoms with van der Waals surface area (Å²) in [7, 11) is 5.91. The molecule has 0 amide bonds. The van der Waals surface area contributed by atoms with Gasteiger partial charge in [-0.25, -0.2) is 4.98 Å². The third kappa shape index (κ3) is 6.84. The summed E-state index contributed by atoms with van der Waals surface area (Å²) in [6.07, 6.45) is 13.3. The Bertz CT molecular complexity index is 890. The van der Waals surface area contributed by atoms with Crippen molar-refractivity contribution in [2.75, 3.05) is 44.5 Å². The molecule has 6 heteroatoms. The van der Waals surface area contributed by atoms with Crippen molar-refractivity contribution >= 4 is 11.8 Å². The number of rotatable bonds is 11. The first-order valence-corrected chi connectivity index (χ1v) is 13.3. The van der Waals surface area contributed by atoms with Crippen molar-refractivity contribution in [1.29, 1.82) is 0 Å². The first-order valence-electron chi connectivity index (χ1n) is 13.3. The van der Waals surface area contributed by atoms with Gasteiger partial charge in [-0.15, -0.1) is 0 Å². The Labute approximate surface area is 205 Å². The molecule has 0 radical (unpaired) electrons. The normalized spacial score (nSPS) is 20.0. The van der Waals surface area contributed by atoms with E-state index in [0.717, 1.165) is 55.8 Å². The van der Waals surface area contributed by atoms with Crippen molar-refractivity contribution in [3.63, 3.8) is 0 Å². The van der Waals surface area contributed by atoms with Crippen molar-refractivity contribution in [2.45, 2.75) is 76.7 Å². The average molecular weight is 466 g/mol. The topological polar surface area (TPSA) is 62.3 Å². The summed E-state index contributed by atoms with van der Waals surface area (Å²) in [5, 5.41) is 7.38. The smallest absolute Gasteiger partial charge is 0.225 e. The van der Waals surface area contributed by atoms with Gasteiger partial charge in [0.25, 0.3) is 0 Å². The molecule has 1 heterocycles. The zero-order valence-electron chi connectivity index (χ0n) is 21.4. The number of anilines is 2. The molecular formula is C28H43N5O. The van der Waals surface area contributed by atoms with E-state index < -0.39 is 0 Å². The van der Waals surface area contributed by atoms with Crippen LogP contribution < -0.4 is 20.3 Å². The minimum atomic E-state index is 0.498. The summed E-state index contributed by atoms with van der Waals surface area (Å²) in [6.45, 7) is 2.26. The van der Waals surface area contributed by atoms with Gasteiger partial charge in [-0.05, 0) is 107 Å². The molecule has 0 atom stereocenters. The van der Waals surface area contributed by atoms with Crippen LogP contribution in [0, 0.1) is 5.92 Å². The van der Waals surface area contributed by atoms with Gasteiger partial charge in [0.1, 0.15) is 11.6 Å². The van der Waals surface area contributed by atoms with E-state index in [1.807, 2.05) is 0 Å². The summed E-state index contributed by atoms with van der Waals surface area (Å²) in [5.41, 5.74) is 4.02.